The molecule has 0 bridgehead atoms. The minimum absolute atomic E-state index is 0.0821. The Balaban J connectivity index is -0.0000000246. The molecule has 0 aromatic rings. The monoisotopic (exact) mass is 1010 g/mol. The van der Waals surface area contributed by atoms with Gasteiger partial charge in [0.1, 0.15) is 0 Å². The largest absolute Gasteiger partial charge is 0.392 e. The summed E-state index contributed by atoms with van der Waals surface area (Å²) in [7, 11) is 3.72. The molecule has 0 atom stereocenters. The van der Waals surface area contributed by atoms with Gasteiger partial charge in [-0.1, -0.05) is 94.2 Å². The fourth-order valence-electron chi connectivity index (χ4n) is 0.822. The summed E-state index contributed by atoms with van der Waals surface area (Å²) in [6, 6.07) is 0. The van der Waals surface area contributed by atoms with Gasteiger partial charge in [-0.05, 0) is 53.1 Å². The fourth-order valence-corrected chi connectivity index (χ4v) is 0.822. The molecule has 0 aliphatic carbocycles. The van der Waals surface area contributed by atoms with E-state index in [9.17, 15) is 9.59 Å². The van der Waals surface area contributed by atoms with E-state index in [1.165, 1.54) is 23.8 Å². The van der Waals surface area contributed by atoms with E-state index < -0.39 is 0 Å². The van der Waals surface area contributed by atoms with Crippen LogP contribution in [-0.4, -0.2) is 30.1 Å². The van der Waals surface area contributed by atoms with E-state index in [0.29, 0.717) is 0 Å². The van der Waals surface area contributed by atoms with E-state index in [1.54, 1.807) is 18.9 Å². The summed E-state index contributed by atoms with van der Waals surface area (Å²) in [4.78, 5) is 21.6. The first-order valence-electron chi connectivity index (χ1n) is 13.0. The van der Waals surface area contributed by atoms with E-state index in [0.717, 1.165) is 5.70 Å². The average Bonchev–Trinajstić information content (AvgIpc) is 2.96. The molecule has 0 saturated heterocycles. The maximum absolute atomic E-state index is 10.8. The molecule has 37 heavy (non-hydrogen) atoms. The molecule has 0 aromatic heterocycles. The molecular weight excluding hydrogens is 939 g/mol. The predicted octanol–water partition coefficient (Wildman–Crippen LogP) is 13.8. The van der Waals surface area contributed by atoms with Crippen molar-refractivity contribution in [2.45, 2.75) is 138 Å². The van der Waals surface area contributed by atoms with Gasteiger partial charge in [0.25, 0.3) is 0 Å². The highest BCUT2D eigenvalue weighted by Crippen LogP contribution is 2.05. The number of halogens is 5. The Kier molecular flexibility index (Phi) is 175. The first-order valence-corrected chi connectivity index (χ1v) is 26.0. The highest BCUT2D eigenvalue weighted by molar-refractivity contribution is 15.0. The number of rotatable bonds is 2. The van der Waals surface area contributed by atoms with Crippen molar-refractivity contribution in [3.63, 3.8) is 0 Å². The number of allylic oxidation sites excluding steroid dienone is 4. The van der Waals surface area contributed by atoms with E-state index >= 15 is 0 Å². The van der Waals surface area contributed by atoms with Crippen molar-refractivity contribution in [2.24, 2.45) is 0 Å². The van der Waals surface area contributed by atoms with Gasteiger partial charge in [0, 0.05) is 114 Å². The average molecular weight is 1010 g/mol. The summed E-state index contributed by atoms with van der Waals surface area (Å²) in [6.07, 6.45) is 0. The molecule has 0 spiro atoms. The van der Waals surface area contributed by atoms with E-state index in [2.05, 4.69) is 112 Å². The van der Waals surface area contributed by atoms with Crippen LogP contribution in [0.3, 0.4) is 0 Å². The number of nitrogens with zero attached hydrogens (tertiary/aromatic N) is 1. The number of carbonyl (C=O) groups is 2. The van der Waals surface area contributed by atoms with Crippen molar-refractivity contribution in [1.29, 1.82) is 0 Å². The Bertz CT molecular complexity index is 409. The van der Waals surface area contributed by atoms with Gasteiger partial charge in [0.15, 0.2) is 0 Å². The first kappa shape index (κ1) is 71.7. The maximum atomic E-state index is 10.8. The zero-order valence-corrected chi connectivity index (χ0v) is 38.0. The number of nitrogens with one attached hydrogen (secondary N) is 1. The Morgan fingerprint density at radius 2 is 0.757 bits per heavy atom. The predicted molar refractivity (Wildman–Crippen MR) is 216 cm³/mol. The van der Waals surface area contributed by atoms with Crippen LogP contribution in [0.15, 0.2) is 22.5 Å². The zero-order chi connectivity index (χ0) is 33.7. The van der Waals surface area contributed by atoms with E-state index in [1.807, 2.05) is 111 Å². The molecule has 1 amide bonds. The molecule has 0 radical (unpaired) electrons. The van der Waals surface area contributed by atoms with Gasteiger partial charge in [-0.2, -0.15) is 0 Å². The molecule has 0 heterocycles. The van der Waals surface area contributed by atoms with Crippen LogP contribution in [0.1, 0.15) is 138 Å². The second-order valence-electron chi connectivity index (χ2n) is 5.01. The lowest BCUT2D eigenvalue weighted by Crippen LogP contribution is -2.22. The Morgan fingerprint density at radius 1 is 0.568 bits per heavy atom. The van der Waals surface area contributed by atoms with Crippen molar-refractivity contribution >= 4 is 97.2 Å². The van der Waals surface area contributed by atoms with Crippen LogP contribution in [0, 0.1) is 0 Å². The van der Waals surface area contributed by atoms with Gasteiger partial charge in [-0.25, -0.2) is 0 Å². The molecule has 0 rings (SSSR count). The van der Waals surface area contributed by atoms with Crippen LogP contribution in [0.25, 0.3) is 0 Å². The third-order valence-corrected chi connectivity index (χ3v) is 2.82. The Hall–Kier alpha value is 1.63. The molecule has 0 saturated carbocycles. The third-order valence-electron chi connectivity index (χ3n) is 2.82. The number of hydrogen-bond acceptors (Lipinski definition) is 3. The maximum Gasteiger partial charge on any atom is 0.223 e. The molecule has 0 aliphatic heterocycles. The SMILES string of the molecule is CC.CC.CC.CC.CC.CC.CC(=O)Cl.CC(=O)N(C)C(C)=C(C)C.CNC(C)=C(C)C.II.II. The van der Waals surface area contributed by atoms with Crippen LogP contribution in [0.4, 0.5) is 0 Å². The van der Waals surface area contributed by atoms with E-state index in [-0.39, 0.29) is 11.1 Å². The van der Waals surface area contributed by atoms with Gasteiger partial charge in [-0.3, -0.25) is 9.59 Å². The van der Waals surface area contributed by atoms with Crippen LogP contribution < -0.4 is 5.32 Å². The molecule has 1 N–H and O–H groups in total. The highest BCUT2D eigenvalue weighted by atomic mass is 128. The Labute approximate surface area is 288 Å². The van der Waals surface area contributed by atoms with Crippen molar-refractivity contribution in [3.8, 4) is 0 Å². The molecule has 0 fully saturated rings. The van der Waals surface area contributed by atoms with Gasteiger partial charge in [-0.15, -0.1) is 0 Å². The minimum atomic E-state index is -0.361. The highest BCUT2D eigenvalue weighted by Gasteiger charge is 2.03. The molecule has 4 nitrogen and oxygen atoms in total. The van der Waals surface area contributed by atoms with Gasteiger partial charge < -0.3 is 10.2 Å². The summed E-state index contributed by atoms with van der Waals surface area (Å²) < 4.78 is 0. The fraction of sp³-hybridized carbons (Fsp3) is 0.786. The molecule has 0 aliphatic rings. The lowest BCUT2D eigenvalue weighted by atomic mass is 10.2. The summed E-state index contributed by atoms with van der Waals surface area (Å²) in [6.45, 7) is 39.0. The molecule has 0 unspecified atom stereocenters. The molecule has 0 aromatic carbocycles. The normalized spacial score (nSPS) is 5.92. The number of hydrogen-bond donors (Lipinski definition) is 1. The van der Waals surface area contributed by atoms with Gasteiger partial charge >= 0.3 is 0 Å². The second kappa shape index (κ2) is 90.4. The summed E-state index contributed by atoms with van der Waals surface area (Å²) in [5.41, 5.74) is 4.83. The number of amides is 1. The van der Waals surface area contributed by atoms with Crippen molar-refractivity contribution in [2.75, 3.05) is 14.1 Å². The van der Waals surface area contributed by atoms with Gasteiger partial charge in [0.05, 0.1) is 0 Å². The van der Waals surface area contributed by atoms with Crippen LogP contribution >= 0.6 is 86.1 Å². The topological polar surface area (TPSA) is 49.4 Å². The van der Waals surface area contributed by atoms with Crippen molar-refractivity contribution < 1.29 is 9.59 Å². The number of carbonyl (C=O) groups excluding carboxylic acids is 2. The summed E-state index contributed by atoms with van der Waals surface area (Å²) >= 11 is 13.1. The molecule has 236 valence electrons. The lowest BCUT2D eigenvalue weighted by molar-refractivity contribution is -0.125. The Morgan fingerprint density at radius 3 is 0.784 bits per heavy atom. The molecule has 9 heteroatoms. The zero-order valence-electron chi connectivity index (χ0n) is 28.7. The third kappa shape index (κ3) is 124. The molecular formula is C28H67ClI4N2O2. The van der Waals surface area contributed by atoms with Crippen LogP contribution in [0.2, 0.25) is 0 Å². The van der Waals surface area contributed by atoms with Crippen molar-refractivity contribution in [1.82, 2.24) is 10.2 Å². The van der Waals surface area contributed by atoms with Gasteiger partial charge in [0.2, 0.25) is 11.1 Å². The van der Waals surface area contributed by atoms with Crippen LogP contribution in [-0.2, 0) is 9.59 Å². The first-order chi connectivity index (χ1) is 17.4. The van der Waals surface area contributed by atoms with Crippen LogP contribution in [0.5, 0.6) is 0 Å². The van der Waals surface area contributed by atoms with Crippen molar-refractivity contribution in [3.05, 3.63) is 22.5 Å². The second-order valence-corrected chi connectivity index (χ2v) is 5.54. The van der Waals surface area contributed by atoms with E-state index in [4.69, 9.17) is 0 Å². The minimum Gasteiger partial charge on any atom is -0.392 e. The standard InChI is InChI=1S/C8H15NO.C6H13N.C2H3ClO.6C2H6.2I2/c1-6(2)7(3)9(5)8(4)10;1-5(2)6(3)7-4;1-2(3)4;8*1-2/h1-5H3;7H,1-4H3;1H3;6*1-2H3;;. The summed E-state index contributed by atoms with van der Waals surface area (Å²) in [5, 5.41) is 2.68. The quantitative estimate of drug-likeness (QED) is 0.222. The smallest absolute Gasteiger partial charge is 0.223 e. The lowest BCUT2D eigenvalue weighted by Gasteiger charge is -2.16. The summed E-state index contributed by atoms with van der Waals surface area (Å²) in [5.74, 6) is 0.0821.